The van der Waals surface area contributed by atoms with Crippen LogP contribution in [-0.4, -0.2) is 18.2 Å². The number of nitrogens with zero attached hydrogens (tertiary/aromatic N) is 1. The minimum Gasteiger partial charge on any atom is -0.360 e. The molecular formula is C6H9N3O2. The van der Waals surface area contributed by atoms with Crippen LogP contribution in [0.2, 0.25) is 0 Å². The minimum atomic E-state index is -0.235. The average Bonchev–Trinajstić information content (AvgIpc) is 2.52. The van der Waals surface area contributed by atoms with Crippen molar-refractivity contribution in [2.24, 2.45) is 0 Å². The van der Waals surface area contributed by atoms with Crippen LogP contribution in [-0.2, 0) is 6.54 Å². The van der Waals surface area contributed by atoms with E-state index in [-0.39, 0.29) is 6.03 Å². The quantitative estimate of drug-likeness (QED) is 0.636. The lowest BCUT2D eigenvalue weighted by molar-refractivity contribution is 0.241. The fourth-order valence-corrected chi connectivity index (χ4v) is 0.589. The van der Waals surface area contributed by atoms with E-state index < -0.39 is 0 Å². The van der Waals surface area contributed by atoms with Gasteiger partial charge in [-0.3, -0.25) is 0 Å². The normalized spacial score (nSPS) is 9.18. The first kappa shape index (κ1) is 7.59. The maximum atomic E-state index is 10.6. The first-order chi connectivity index (χ1) is 5.33. The molecule has 0 aliphatic heterocycles. The molecule has 2 N–H and O–H groups in total. The summed E-state index contributed by atoms with van der Waals surface area (Å²) >= 11 is 0. The molecule has 0 radical (unpaired) electrons. The molecule has 11 heavy (non-hydrogen) atoms. The highest BCUT2D eigenvalue weighted by atomic mass is 16.5. The SMILES string of the molecule is CNC(=O)NCc1ccno1. The molecule has 0 saturated heterocycles. The van der Waals surface area contributed by atoms with Crippen molar-refractivity contribution in [3.63, 3.8) is 0 Å². The summed E-state index contributed by atoms with van der Waals surface area (Å²) in [6.07, 6.45) is 1.53. The number of carbonyl (C=O) groups is 1. The van der Waals surface area contributed by atoms with Crippen LogP contribution in [0.3, 0.4) is 0 Å². The van der Waals surface area contributed by atoms with Gasteiger partial charge < -0.3 is 15.2 Å². The monoisotopic (exact) mass is 155 g/mol. The highest BCUT2D eigenvalue weighted by Gasteiger charge is 1.98. The molecule has 2 amide bonds. The molecule has 1 rings (SSSR count). The van der Waals surface area contributed by atoms with Crippen molar-refractivity contribution in [3.05, 3.63) is 18.0 Å². The zero-order valence-corrected chi connectivity index (χ0v) is 6.13. The van der Waals surface area contributed by atoms with Crippen molar-refractivity contribution in [2.45, 2.75) is 6.54 Å². The van der Waals surface area contributed by atoms with Crippen LogP contribution >= 0.6 is 0 Å². The lowest BCUT2D eigenvalue weighted by atomic mass is 10.5. The average molecular weight is 155 g/mol. The van der Waals surface area contributed by atoms with Crippen LogP contribution in [0.5, 0.6) is 0 Å². The van der Waals surface area contributed by atoms with Crippen LogP contribution in [0.15, 0.2) is 16.8 Å². The Labute approximate surface area is 63.8 Å². The van der Waals surface area contributed by atoms with Gasteiger partial charge in [0.1, 0.15) is 0 Å². The van der Waals surface area contributed by atoms with E-state index in [1.165, 1.54) is 6.20 Å². The zero-order chi connectivity index (χ0) is 8.10. The van der Waals surface area contributed by atoms with Crippen molar-refractivity contribution in [2.75, 3.05) is 7.05 Å². The Bertz CT molecular complexity index is 220. The third-order valence-corrected chi connectivity index (χ3v) is 1.14. The molecule has 0 atom stereocenters. The Kier molecular flexibility index (Phi) is 2.48. The summed E-state index contributed by atoms with van der Waals surface area (Å²) in [7, 11) is 1.55. The molecule has 1 aromatic heterocycles. The Morgan fingerprint density at radius 1 is 1.82 bits per heavy atom. The molecule has 0 spiro atoms. The molecule has 5 heteroatoms. The number of hydrogen-bond donors (Lipinski definition) is 2. The van der Waals surface area contributed by atoms with Crippen LogP contribution in [0.4, 0.5) is 4.79 Å². The van der Waals surface area contributed by atoms with Gasteiger partial charge in [0.15, 0.2) is 5.76 Å². The van der Waals surface area contributed by atoms with E-state index in [9.17, 15) is 4.79 Å². The molecule has 1 aromatic rings. The van der Waals surface area contributed by atoms with Gasteiger partial charge in [0.05, 0.1) is 12.7 Å². The Hall–Kier alpha value is -1.52. The predicted molar refractivity (Wildman–Crippen MR) is 37.8 cm³/mol. The number of hydrogen-bond acceptors (Lipinski definition) is 3. The number of carbonyl (C=O) groups excluding carboxylic acids is 1. The molecule has 0 fully saturated rings. The van der Waals surface area contributed by atoms with E-state index in [2.05, 4.69) is 15.8 Å². The van der Waals surface area contributed by atoms with E-state index in [0.717, 1.165) is 0 Å². The molecular weight excluding hydrogens is 146 g/mol. The van der Waals surface area contributed by atoms with Gasteiger partial charge in [-0.25, -0.2) is 4.79 Å². The van der Waals surface area contributed by atoms with Crippen molar-refractivity contribution >= 4 is 6.03 Å². The lowest BCUT2D eigenvalue weighted by Crippen LogP contribution is -2.31. The molecule has 0 bridgehead atoms. The predicted octanol–water partition coefficient (Wildman–Crippen LogP) is 0.104. The fraction of sp³-hybridized carbons (Fsp3) is 0.333. The van der Waals surface area contributed by atoms with Gasteiger partial charge in [0.25, 0.3) is 0 Å². The summed E-state index contributed by atoms with van der Waals surface area (Å²) in [6.45, 7) is 0.361. The largest absolute Gasteiger partial charge is 0.360 e. The molecule has 1 heterocycles. The molecule has 0 aliphatic rings. The number of nitrogens with one attached hydrogen (secondary N) is 2. The van der Waals surface area contributed by atoms with Crippen molar-refractivity contribution in [1.29, 1.82) is 0 Å². The molecule has 5 nitrogen and oxygen atoms in total. The van der Waals surface area contributed by atoms with E-state index >= 15 is 0 Å². The molecule has 0 unspecified atom stereocenters. The molecule has 60 valence electrons. The minimum absolute atomic E-state index is 0.235. The van der Waals surface area contributed by atoms with Crippen molar-refractivity contribution < 1.29 is 9.32 Å². The summed E-state index contributed by atoms with van der Waals surface area (Å²) in [5.74, 6) is 0.633. The lowest BCUT2D eigenvalue weighted by Gasteiger charge is -1.99. The van der Waals surface area contributed by atoms with E-state index in [1.807, 2.05) is 0 Å². The number of urea groups is 1. The second-order valence-electron chi connectivity index (χ2n) is 1.91. The second kappa shape index (κ2) is 3.60. The smallest absolute Gasteiger partial charge is 0.314 e. The van der Waals surface area contributed by atoms with E-state index in [0.29, 0.717) is 12.3 Å². The molecule has 0 saturated carbocycles. The van der Waals surface area contributed by atoms with Crippen LogP contribution in [0, 0.1) is 0 Å². The highest BCUT2D eigenvalue weighted by molar-refractivity contribution is 5.73. The van der Waals surface area contributed by atoms with Gasteiger partial charge in [-0.05, 0) is 0 Å². The Morgan fingerprint density at radius 3 is 3.18 bits per heavy atom. The zero-order valence-electron chi connectivity index (χ0n) is 6.13. The standard InChI is InChI=1S/C6H9N3O2/c1-7-6(10)8-4-5-2-3-9-11-5/h2-3H,4H2,1H3,(H2,7,8,10). The van der Waals surface area contributed by atoms with Gasteiger partial charge in [0, 0.05) is 13.1 Å². The topological polar surface area (TPSA) is 67.2 Å². The number of aromatic nitrogens is 1. The summed E-state index contributed by atoms with van der Waals surface area (Å²) in [4.78, 5) is 10.6. The van der Waals surface area contributed by atoms with Gasteiger partial charge >= 0.3 is 6.03 Å². The van der Waals surface area contributed by atoms with E-state index in [4.69, 9.17) is 4.52 Å². The van der Waals surface area contributed by atoms with Crippen LogP contribution < -0.4 is 10.6 Å². The number of rotatable bonds is 2. The first-order valence-electron chi connectivity index (χ1n) is 3.18. The van der Waals surface area contributed by atoms with Crippen LogP contribution in [0.25, 0.3) is 0 Å². The number of amides is 2. The second-order valence-corrected chi connectivity index (χ2v) is 1.91. The third-order valence-electron chi connectivity index (χ3n) is 1.14. The Morgan fingerprint density at radius 2 is 2.64 bits per heavy atom. The molecule has 0 aromatic carbocycles. The third kappa shape index (κ3) is 2.29. The summed E-state index contributed by atoms with van der Waals surface area (Å²) in [6, 6.07) is 1.46. The van der Waals surface area contributed by atoms with Crippen molar-refractivity contribution in [1.82, 2.24) is 15.8 Å². The summed E-state index contributed by atoms with van der Waals surface area (Å²) in [5.41, 5.74) is 0. The molecule has 0 aliphatic carbocycles. The first-order valence-corrected chi connectivity index (χ1v) is 3.18. The van der Waals surface area contributed by atoms with Gasteiger partial charge in [-0.1, -0.05) is 5.16 Å². The fourth-order valence-electron chi connectivity index (χ4n) is 0.589. The van der Waals surface area contributed by atoms with Crippen LogP contribution in [0.1, 0.15) is 5.76 Å². The van der Waals surface area contributed by atoms with Gasteiger partial charge in [-0.2, -0.15) is 0 Å². The van der Waals surface area contributed by atoms with Crippen molar-refractivity contribution in [3.8, 4) is 0 Å². The Balaban J connectivity index is 2.29. The summed E-state index contributed by atoms with van der Waals surface area (Å²) in [5, 5.41) is 8.45. The van der Waals surface area contributed by atoms with Gasteiger partial charge in [-0.15, -0.1) is 0 Å². The van der Waals surface area contributed by atoms with E-state index in [1.54, 1.807) is 13.1 Å². The summed E-state index contributed by atoms with van der Waals surface area (Å²) < 4.78 is 4.74. The highest BCUT2D eigenvalue weighted by Crippen LogP contribution is 1.93. The van der Waals surface area contributed by atoms with Gasteiger partial charge in [0.2, 0.25) is 0 Å². The maximum Gasteiger partial charge on any atom is 0.314 e. The maximum absolute atomic E-state index is 10.6.